The van der Waals surface area contributed by atoms with Gasteiger partial charge in [-0.15, -0.1) is 11.8 Å². The molecule has 3 aromatic rings. The third-order valence-corrected chi connectivity index (χ3v) is 4.79. The third-order valence-electron chi connectivity index (χ3n) is 3.78. The molecule has 0 aliphatic heterocycles. The Morgan fingerprint density at radius 1 is 1.08 bits per heavy atom. The fourth-order valence-electron chi connectivity index (χ4n) is 2.54. The average Bonchev–Trinajstić information content (AvgIpc) is 2.61. The molecule has 0 fully saturated rings. The molecule has 0 unspecified atom stereocenters. The SMILES string of the molecule is Cc1ccc(SCCNC(=O)Cc2cccc3cccnc23)cc1. The second-order valence-corrected chi connectivity index (χ2v) is 6.85. The quantitative estimate of drug-likeness (QED) is 0.546. The van der Waals surface area contributed by atoms with Crippen molar-refractivity contribution in [3.8, 4) is 0 Å². The van der Waals surface area contributed by atoms with Gasteiger partial charge in [0.15, 0.2) is 0 Å². The van der Waals surface area contributed by atoms with Crippen LogP contribution in [0.25, 0.3) is 10.9 Å². The number of aromatic nitrogens is 1. The summed E-state index contributed by atoms with van der Waals surface area (Å²) in [6.45, 7) is 2.74. The highest BCUT2D eigenvalue weighted by molar-refractivity contribution is 7.99. The summed E-state index contributed by atoms with van der Waals surface area (Å²) in [6, 6.07) is 18.3. The molecule has 0 aliphatic carbocycles. The van der Waals surface area contributed by atoms with Gasteiger partial charge in [-0.1, -0.05) is 42.0 Å². The molecule has 3 rings (SSSR count). The van der Waals surface area contributed by atoms with Gasteiger partial charge in [0, 0.05) is 28.8 Å². The number of benzene rings is 2. The first-order valence-corrected chi connectivity index (χ1v) is 9.00. The molecule has 24 heavy (non-hydrogen) atoms. The van der Waals surface area contributed by atoms with E-state index in [1.54, 1.807) is 18.0 Å². The van der Waals surface area contributed by atoms with Crippen LogP contribution in [0.1, 0.15) is 11.1 Å². The zero-order valence-corrected chi connectivity index (χ0v) is 14.5. The first kappa shape index (κ1) is 16.5. The summed E-state index contributed by atoms with van der Waals surface area (Å²) in [6.07, 6.45) is 2.13. The highest BCUT2D eigenvalue weighted by Gasteiger charge is 2.07. The van der Waals surface area contributed by atoms with E-state index in [9.17, 15) is 4.79 Å². The Bertz CT molecular complexity index is 825. The summed E-state index contributed by atoms with van der Waals surface area (Å²) in [5.74, 6) is 0.903. The highest BCUT2D eigenvalue weighted by Crippen LogP contribution is 2.18. The maximum Gasteiger partial charge on any atom is 0.224 e. The number of pyridine rings is 1. The normalized spacial score (nSPS) is 10.7. The molecular weight excluding hydrogens is 316 g/mol. The van der Waals surface area contributed by atoms with Gasteiger partial charge in [-0.3, -0.25) is 9.78 Å². The van der Waals surface area contributed by atoms with Crippen molar-refractivity contribution in [1.29, 1.82) is 0 Å². The Kier molecular flexibility index (Phi) is 5.49. The van der Waals surface area contributed by atoms with Crippen LogP contribution in [0.4, 0.5) is 0 Å². The molecule has 0 saturated carbocycles. The van der Waals surface area contributed by atoms with E-state index in [-0.39, 0.29) is 5.91 Å². The van der Waals surface area contributed by atoms with Gasteiger partial charge in [-0.2, -0.15) is 0 Å². The summed E-state index contributed by atoms with van der Waals surface area (Å²) < 4.78 is 0. The van der Waals surface area contributed by atoms with E-state index >= 15 is 0 Å². The van der Waals surface area contributed by atoms with Gasteiger partial charge in [0.25, 0.3) is 0 Å². The van der Waals surface area contributed by atoms with Gasteiger partial charge in [0.05, 0.1) is 11.9 Å². The fourth-order valence-corrected chi connectivity index (χ4v) is 3.31. The van der Waals surface area contributed by atoms with Crippen LogP contribution in [0.3, 0.4) is 0 Å². The van der Waals surface area contributed by atoms with Crippen molar-refractivity contribution in [1.82, 2.24) is 10.3 Å². The molecule has 0 spiro atoms. The van der Waals surface area contributed by atoms with Gasteiger partial charge in [-0.25, -0.2) is 0 Å². The molecule has 0 atom stereocenters. The Hall–Kier alpha value is -2.33. The van der Waals surface area contributed by atoms with Gasteiger partial charge in [-0.05, 0) is 30.7 Å². The number of hydrogen-bond donors (Lipinski definition) is 1. The Morgan fingerprint density at radius 3 is 2.71 bits per heavy atom. The number of rotatable bonds is 6. The van der Waals surface area contributed by atoms with Crippen LogP contribution < -0.4 is 5.32 Å². The summed E-state index contributed by atoms with van der Waals surface area (Å²) in [5.41, 5.74) is 3.14. The van der Waals surface area contributed by atoms with E-state index in [1.165, 1.54) is 10.5 Å². The largest absolute Gasteiger partial charge is 0.355 e. The van der Waals surface area contributed by atoms with Crippen LogP contribution in [0.5, 0.6) is 0 Å². The lowest BCUT2D eigenvalue weighted by Gasteiger charge is -2.07. The van der Waals surface area contributed by atoms with E-state index in [0.29, 0.717) is 13.0 Å². The van der Waals surface area contributed by atoms with Crippen molar-refractivity contribution in [2.45, 2.75) is 18.2 Å². The first-order valence-electron chi connectivity index (χ1n) is 8.01. The Morgan fingerprint density at radius 2 is 1.88 bits per heavy atom. The summed E-state index contributed by atoms with van der Waals surface area (Å²) >= 11 is 1.75. The minimum absolute atomic E-state index is 0.0395. The predicted molar refractivity (Wildman–Crippen MR) is 100 cm³/mol. The highest BCUT2D eigenvalue weighted by atomic mass is 32.2. The minimum Gasteiger partial charge on any atom is -0.355 e. The van der Waals surface area contributed by atoms with E-state index in [4.69, 9.17) is 0 Å². The van der Waals surface area contributed by atoms with E-state index in [0.717, 1.165) is 22.2 Å². The molecule has 122 valence electrons. The number of nitrogens with one attached hydrogen (secondary N) is 1. The number of carbonyl (C=O) groups excluding carboxylic acids is 1. The number of hydrogen-bond acceptors (Lipinski definition) is 3. The lowest BCUT2D eigenvalue weighted by Crippen LogP contribution is -2.27. The smallest absolute Gasteiger partial charge is 0.224 e. The Labute approximate surface area is 146 Å². The van der Waals surface area contributed by atoms with Gasteiger partial charge >= 0.3 is 0 Å². The van der Waals surface area contributed by atoms with Gasteiger partial charge < -0.3 is 5.32 Å². The van der Waals surface area contributed by atoms with E-state index in [1.807, 2.05) is 30.3 Å². The van der Waals surface area contributed by atoms with Crippen LogP contribution in [0.2, 0.25) is 0 Å². The molecule has 1 N–H and O–H groups in total. The lowest BCUT2D eigenvalue weighted by molar-refractivity contribution is -0.120. The van der Waals surface area contributed by atoms with Gasteiger partial charge in [0.2, 0.25) is 5.91 Å². The average molecular weight is 336 g/mol. The van der Waals surface area contributed by atoms with Gasteiger partial charge in [0.1, 0.15) is 0 Å². The molecule has 1 heterocycles. The summed E-state index contributed by atoms with van der Waals surface area (Å²) in [4.78, 5) is 17.8. The van der Waals surface area contributed by atoms with Crippen LogP contribution in [-0.2, 0) is 11.2 Å². The molecule has 3 nitrogen and oxygen atoms in total. The van der Waals surface area contributed by atoms with Crippen molar-refractivity contribution in [3.05, 3.63) is 71.9 Å². The zero-order valence-electron chi connectivity index (χ0n) is 13.7. The van der Waals surface area contributed by atoms with Crippen molar-refractivity contribution in [3.63, 3.8) is 0 Å². The van der Waals surface area contributed by atoms with E-state index < -0.39 is 0 Å². The maximum atomic E-state index is 12.2. The third kappa shape index (κ3) is 4.36. The zero-order chi connectivity index (χ0) is 16.8. The number of carbonyl (C=O) groups is 1. The monoisotopic (exact) mass is 336 g/mol. The maximum absolute atomic E-state index is 12.2. The van der Waals surface area contributed by atoms with E-state index in [2.05, 4.69) is 41.5 Å². The van der Waals surface area contributed by atoms with Crippen LogP contribution >= 0.6 is 11.8 Å². The van der Waals surface area contributed by atoms with Crippen molar-refractivity contribution >= 4 is 28.6 Å². The molecule has 0 aliphatic rings. The number of aryl methyl sites for hydroxylation is 1. The molecule has 0 bridgehead atoms. The summed E-state index contributed by atoms with van der Waals surface area (Å²) in [7, 11) is 0. The Balaban J connectivity index is 1.49. The second-order valence-electron chi connectivity index (χ2n) is 5.68. The first-order chi connectivity index (χ1) is 11.7. The number of para-hydroxylation sites is 1. The van der Waals surface area contributed by atoms with Crippen molar-refractivity contribution in [2.75, 3.05) is 12.3 Å². The molecule has 4 heteroatoms. The van der Waals surface area contributed by atoms with Crippen LogP contribution in [-0.4, -0.2) is 23.2 Å². The minimum atomic E-state index is 0.0395. The molecule has 0 radical (unpaired) electrons. The standard InChI is InChI=1S/C20H20N2OS/c1-15-7-9-18(10-8-15)24-13-12-21-19(23)14-17-5-2-4-16-6-3-11-22-20(16)17/h2-11H,12-14H2,1H3,(H,21,23). The second kappa shape index (κ2) is 7.97. The number of thioether (sulfide) groups is 1. The number of amides is 1. The topological polar surface area (TPSA) is 42.0 Å². The molecule has 0 saturated heterocycles. The lowest BCUT2D eigenvalue weighted by atomic mass is 10.1. The molecule has 1 amide bonds. The molecule has 2 aromatic carbocycles. The predicted octanol–water partition coefficient (Wildman–Crippen LogP) is 3.99. The fraction of sp³-hybridized carbons (Fsp3) is 0.200. The summed E-state index contributed by atoms with van der Waals surface area (Å²) in [5, 5.41) is 4.06. The number of fused-ring (bicyclic) bond motifs is 1. The van der Waals surface area contributed by atoms with Crippen molar-refractivity contribution in [2.24, 2.45) is 0 Å². The number of nitrogens with zero attached hydrogens (tertiary/aromatic N) is 1. The van der Waals surface area contributed by atoms with Crippen LogP contribution in [0, 0.1) is 6.92 Å². The van der Waals surface area contributed by atoms with Crippen LogP contribution in [0.15, 0.2) is 65.7 Å². The molecular formula is C20H20N2OS. The van der Waals surface area contributed by atoms with Crippen molar-refractivity contribution < 1.29 is 4.79 Å². The molecule has 1 aromatic heterocycles.